The number of hydrogen-bond donors (Lipinski definition) is 1. The molecule has 2 amide bonds. The van der Waals surface area contributed by atoms with Crippen molar-refractivity contribution >= 4 is 23.6 Å². The van der Waals surface area contributed by atoms with Gasteiger partial charge in [-0.3, -0.25) is 9.69 Å². The number of carbonyl (C=O) groups is 2. The number of carbonyl (C=O) groups excluding carboxylic acids is 2. The molecule has 174 valence electrons. The highest BCUT2D eigenvalue weighted by molar-refractivity contribution is 5.95. The summed E-state index contributed by atoms with van der Waals surface area (Å²) in [6.45, 7) is 2.27. The zero-order valence-electron chi connectivity index (χ0n) is 18.9. The number of anilines is 2. The van der Waals surface area contributed by atoms with Crippen LogP contribution in [0.3, 0.4) is 0 Å². The SMILES string of the molecule is O=C1OC2(CCCN(C(=O)c3cccc(Nc4ncccn4)c3)CC2)CN1Cc1ccccc1. The van der Waals surface area contributed by atoms with Gasteiger partial charge in [0, 0.05) is 49.7 Å². The molecule has 0 radical (unpaired) electrons. The molecule has 0 aliphatic carbocycles. The second-order valence-corrected chi connectivity index (χ2v) is 8.82. The highest BCUT2D eigenvalue weighted by atomic mass is 16.6. The Labute approximate surface area is 198 Å². The van der Waals surface area contributed by atoms with Crippen LogP contribution in [0.1, 0.15) is 35.2 Å². The van der Waals surface area contributed by atoms with E-state index in [0.717, 1.165) is 24.1 Å². The van der Waals surface area contributed by atoms with E-state index in [4.69, 9.17) is 4.74 Å². The minimum absolute atomic E-state index is 0.0276. The lowest BCUT2D eigenvalue weighted by Gasteiger charge is -2.25. The van der Waals surface area contributed by atoms with E-state index in [1.807, 2.05) is 59.5 Å². The molecule has 0 bridgehead atoms. The molecular weight excluding hydrogens is 430 g/mol. The van der Waals surface area contributed by atoms with Crippen molar-refractivity contribution in [2.45, 2.75) is 31.4 Å². The second kappa shape index (κ2) is 9.51. The Balaban J connectivity index is 1.23. The topological polar surface area (TPSA) is 87.7 Å². The monoisotopic (exact) mass is 457 g/mol. The van der Waals surface area contributed by atoms with Gasteiger partial charge < -0.3 is 15.0 Å². The molecule has 8 heteroatoms. The van der Waals surface area contributed by atoms with Crippen LogP contribution in [0.2, 0.25) is 0 Å². The van der Waals surface area contributed by atoms with Gasteiger partial charge in [0.2, 0.25) is 5.95 Å². The number of likely N-dealkylation sites (tertiary alicyclic amines) is 1. The third-order valence-corrected chi connectivity index (χ3v) is 6.37. The first-order valence-electron chi connectivity index (χ1n) is 11.6. The normalized spacial score (nSPS) is 20.2. The van der Waals surface area contributed by atoms with Crippen molar-refractivity contribution < 1.29 is 14.3 Å². The van der Waals surface area contributed by atoms with Gasteiger partial charge in [0.05, 0.1) is 6.54 Å². The van der Waals surface area contributed by atoms with Crippen LogP contribution >= 0.6 is 0 Å². The van der Waals surface area contributed by atoms with Crippen LogP contribution in [-0.2, 0) is 11.3 Å². The Kier molecular flexibility index (Phi) is 6.12. The first-order chi connectivity index (χ1) is 16.6. The molecule has 1 N–H and O–H groups in total. The van der Waals surface area contributed by atoms with Crippen LogP contribution in [0.5, 0.6) is 0 Å². The maximum atomic E-state index is 13.3. The van der Waals surface area contributed by atoms with E-state index in [1.54, 1.807) is 23.4 Å². The lowest BCUT2D eigenvalue weighted by Crippen LogP contribution is -2.37. The van der Waals surface area contributed by atoms with Crippen LogP contribution in [0.15, 0.2) is 73.1 Å². The summed E-state index contributed by atoms with van der Waals surface area (Å²) in [6.07, 6.45) is 5.22. The van der Waals surface area contributed by atoms with E-state index in [9.17, 15) is 9.59 Å². The highest BCUT2D eigenvalue weighted by Crippen LogP contribution is 2.34. The zero-order chi connectivity index (χ0) is 23.4. The number of hydrogen-bond acceptors (Lipinski definition) is 6. The number of nitrogens with zero attached hydrogens (tertiary/aromatic N) is 4. The number of benzene rings is 2. The van der Waals surface area contributed by atoms with Crippen LogP contribution in [0.4, 0.5) is 16.4 Å². The van der Waals surface area contributed by atoms with Crippen molar-refractivity contribution in [3.8, 4) is 0 Å². The summed E-state index contributed by atoms with van der Waals surface area (Å²) in [6, 6.07) is 19.0. The Bertz CT molecular complexity index is 1160. The molecule has 2 aliphatic heterocycles. The molecule has 1 aromatic heterocycles. The third-order valence-electron chi connectivity index (χ3n) is 6.37. The molecule has 2 aromatic carbocycles. The first-order valence-corrected chi connectivity index (χ1v) is 11.6. The summed E-state index contributed by atoms with van der Waals surface area (Å²) in [4.78, 5) is 37.8. The highest BCUT2D eigenvalue weighted by Gasteiger charge is 2.46. The van der Waals surface area contributed by atoms with E-state index in [-0.39, 0.29) is 12.0 Å². The van der Waals surface area contributed by atoms with Crippen molar-refractivity contribution in [1.29, 1.82) is 0 Å². The molecule has 3 heterocycles. The minimum Gasteiger partial charge on any atom is -0.441 e. The van der Waals surface area contributed by atoms with Crippen LogP contribution < -0.4 is 5.32 Å². The lowest BCUT2D eigenvalue weighted by atomic mass is 9.95. The predicted molar refractivity (Wildman–Crippen MR) is 128 cm³/mol. The molecule has 8 nitrogen and oxygen atoms in total. The van der Waals surface area contributed by atoms with Gasteiger partial charge in [-0.1, -0.05) is 36.4 Å². The minimum atomic E-state index is -0.533. The second-order valence-electron chi connectivity index (χ2n) is 8.82. The van der Waals surface area contributed by atoms with Gasteiger partial charge in [0.15, 0.2) is 0 Å². The molecule has 1 atom stereocenters. The summed E-state index contributed by atoms with van der Waals surface area (Å²) in [5, 5.41) is 3.13. The fraction of sp³-hybridized carbons (Fsp3) is 0.308. The molecule has 5 rings (SSSR count). The number of rotatable bonds is 5. The van der Waals surface area contributed by atoms with Gasteiger partial charge in [-0.25, -0.2) is 14.8 Å². The van der Waals surface area contributed by atoms with Crippen LogP contribution in [-0.4, -0.2) is 57.0 Å². The number of ether oxygens (including phenoxy) is 1. The maximum absolute atomic E-state index is 13.3. The Hall–Kier alpha value is -3.94. The fourth-order valence-corrected chi connectivity index (χ4v) is 4.65. The Morgan fingerprint density at radius 2 is 1.82 bits per heavy atom. The maximum Gasteiger partial charge on any atom is 0.410 e. The van der Waals surface area contributed by atoms with E-state index >= 15 is 0 Å². The largest absolute Gasteiger partial charge is 0.441 e. The zero-order valence-corrected chi connectivity index (χ0v) is 18.9. The van der Waals surface area contributed by atoms with Gasteiger partial charge in [-0.05, 0) is 42.7 Å². The summed E-state index contributed by atoms with van der Waals surface area (Å²) in [5.41, 5.74) is 1.90. The summed E-state index contributed by atoms with van der Waals surface area (Å²) in [5.74, 6) is 0.451. The molecule has 0 saturated carbocycles. The average Bonchev–Trinajstić information content (AvgIpc) is 3.02. The van der Waals surface area contributed by atoms with Gasteiger partial charge >= 0.3 is 6.09 Å². The number of amides is 2. The van der Waals surface area contributed by atoms with Gasteiger partial charge in [-0.15, -0.1) is 0 Å². The molecule has 34 heavy (non-hydrogen) atoms. The quantitative estimate of drug-likeness (QED) is 0.617. The average molecular weight is 458 g/mol. The number of aromatic nitrogens is 2. The molecule has 2 fully saturated rings. The van der Waals surface area contributed by atoms with E-state index in [1.165, 1.54) is 0 Å². The molecular formula is C26H27N5O3. The van der Waals surface area contributed by atoms with E-state index < -0.39 is 5.60 Å². The van der Waals surface area contributed by atoms with E-state index in [0.29, 0.717) is 44.1 Å². The molecule has 1 unspecified atom stereocenters. The summed E-state index contributed by atoms with van der Waals surface area (Å²) >= 11 is 0. The predicted octanol–water partition coefficient (Wildman–Crippen LogP) is 4.24. The van der Waals surface area contributed by atoms with E-state index in [2.05, 4.69) is 15.3 Å². The van der Waals surface area contributed by atoms with Crippen molar-refractivity contribution in [3.05, 3.63) is 84.2 Å². The van der Waals surface area contributed by atoms with Crippen molar-refractivity contribution in [3.63, 3.8) is 0 Å². The molecule has 1 spiro atoms. The summed E-state index contributed by atoms with van der Waals surface area (Å²) < 4.78 is 5.90. The smallest absolute Gasteiger partial charge is 0.410 e. The van der Waals surface area contributed by atoms with Gasteiger partial charge in [-0.2, -0.15) is 0 Å². The van der Waals surface area contributed by atoms with Crippen LogP contribution in [0, 0.1) is 0 Å². The first kappa shape index (κ1) is 21.9. The molecule has 3 aromatic rings. The lowest BCUT2D eigenvalue weighted by molar-refractivity contribution is 0.0438. The van der Waals surface area contributed by atoms with Crippen molar-refractivity contribution in [1.82, 2.24) is 19.8 Å². The molecule has 2 saturated heterocycles. The summed E-state index contributed by atoms with van der Waals surface area (Å²) in [7, 11) is 0. The Morgan fingerprint density at radius 1 is 1.00 bits per heavy atom. The standard InChI is InChI=1S/C26H27N5O3/c32-23(21-9-4-10-22(17-21)29-24-27-13-6-14-28-24)30-15-5-11-26(12-16-30)19-31(25(33)34-26)18-20-7-2-1-3-8-20/h1-4,6-10,13-14,17H,5,11-12,15-16,18-19H2,(H,27,28,29). The van der Waals surface area contributed by atoms with Crippen molar-refractivity contribution in [2.75, 3.05) is 25.0 Å². The molecule has 2 aliphatic rings. The fourth-order valence-electron chi connectivity index (χ4n) is 4.65. The number of nitrogens with one attached hydrogen (secondary N) is 1. The van der Waals surface area contributed by atoms with Crippen molar-refractivity contribution in [2.24, 2.45) is 0 Å². The van der Waals surface area contributed by atoms with Crippen LogP contribution in [0.25, 0.3) is 0 Å². The van der Waals surface area contributed by atoms with Gasteiger partial charge in [0.1, 0.15) is 5.60 Å². The third kappa shape index (κ3) is 4.85. The Morgan fingerprint density at radius 3 is 2.65 bits per heavy atom. The van der Waals surface area contributed by atoms with Gasteiger partial charge in [0.25, 0.3) is 5.91 Å².